The van der Waals surface area contributed by atoms with Gasteiger partial charge in [0, 0.05) is 24.5 Å². The molecule has 2 aromatic heterocycles. The zero-order chi connectivity index (χ0) is 28.1. The number of pyridine rings is 2. The summed E-state index contributed by atoms with van der Waals surface area (Å²) >= 11 is 10.9. The largest absolute Gasteiger partial charge is 0.305 e. The van der Waals surface area contributed by atoms with Crippen molar-refractivity contribution in [3.8, 4) is 0 Å². The molecule has 0 saturated carbocycles. The monoisotopic (exact) mass is 561 g/mol. The predicted molar refractivity (Wildman–Crippen MR) is 155 cm³/mol. The fraction of sp³-hybridized carbons (Fsp3) is 0.583. The molecule has 0 N–H and O–H groups in total. The Morgan fingerprint density at radius 1 is 0.944 bits per heavy atom. The molecule has 36 heavy (non-hydrogen) atoms. The van der Waals surface area contributed by atoms with Crippen LogP contribution in [0.25, 0.3) is 0 Å². The van der Waals surface area contributed by atoms with E-state index in [0.29, 0.717) is 17.0 Å². The summed E-state index contributed by atoms with van der Waals surface area (Å²) in [6.45, 7) is 16.5. The van der Waals surface area contributed by atoms with Crippen molar-refractivity contribution < 1.29 is 9.85 Å². The SMILES string of the molecule is CCCS.CCCSc1ccncc1[N+](=O)[O-].CCN(C(C)C)C(C)C.O=[N+]([O-])c1cnccc1Cl. The zero-order valence-electron chi connectivity index (χ0n) is 22.3. The van der Waals surface area contributed by atoms with Gasteiger partial charge in [0.2, 0.25) is 0 Å². The Bertz CT molecular complexity index is 866. The summed E-state index contributed by atoms with van der Waals surface area (Å²) in [4.78, 5) is 30.1. The highest BCUT2D eigenvalue weighted by Gasteiger charge is 2.12. The molecule has 0 atom stereocenters. The van der Waals surface area contributed by atoms with Crippen molar-refractivity contribution in [2.75, 3.05) is 18.1 Å². The van der Waals surface area contributed by atoms with Crippen molar-refractivity contribution in [1.29, 1.82) is 0 Å². The molecule has 0 aliphatic carbocycles. The average Bonchev–Trinajstić information content (AvgIpc) is 2.84. The van der Waals surface area contributed by atoms with Crippen LogP contribution in [0.5, 0.6) is 0 Å². The lowest BCUT2D eigenvalue weighted by atomic mass is 10.2. The van der Waals surface area contributed by atoms with Gasteiger partial charge in [0.1, 0.15) is 17.4 Å². The lowest BCUT2D eigenvalue weighted by molar-refractivity contribution is -0.388. The minimum atomic E-state index is -0.574. The number of hydrogen-bond acceptors (Lipinski definition) is 9. The quantitative estimate of drug-likeness (QED) is 0.144. The standard InChI is InChI=1S/C8H10N2O2S.C8H19N.C5H3ClN2O2.C3H8S/c1-2-5-13-8-3-4-9-6-7(8)10(11)12;1-6-9(7(2)3)8(4)5;6-4-1-2-7-3-5(4)8(9)10;1-2-3-4/h3-4,6H,2,5H2,1H3;7-8H,6H2,1-5H3;1-3H;4H,2-3H2,1H3. The minimum absolute atomic E-state index is 0.0981. The maximum absolute atomic E-state index is 10.5. The summed E-state index contributed by atoms with van der Waals surface area (Å²) in [7, 11) is 0. The first-order valence-corrected chi connectivity index (χ1v) is 13.8. The molecule has 0 amide bonds. The molecule has 2 aromatic rings. The summed E-state index contributed by atoms with van der Waals surface area (Å²) in [5.41, 5.74) is -0.0647. The fourth-order valence-corrected chi connectivity index (χ4v) is 3.71. The third-order valence-electron chi connectivity index (χ3n) is 4.28. The van der Waals surface area contributed by atoms with Crippen LogP contribution in [0.2, 0.25) is 5.02 Å². The Kier molecular flexibility index (Phi) is 22.4. The first-order valence-electron chi connectivity index (χ1n) is 11.8. The van der Waals surface area contributed by atoms with E-state index in [1.165, 1.54) is 36.6 Å². The summed E-state index contributed by atoms with van der Waals surface area (Å²) in [5, 5.41) is 20.8. The van der Waals surface area contributed by atoms with Crippen LogP contribution >= 0.6 is 36.0 Å². The van der Waals surface area contributed by atoms with Gasteiger partial charge in [-0.2, -0.15) is 12.6 Å². The molecule has 0 spiro atoms. The maximum atomic E-state index is 10.5. The van der Waals surface area contributed by atoms with E-state index < -0.39 is 9.85 Å². The van der Waals surface area contributed by atoms with Gasteiger partial charge in [-0.15, -0.1) is 11.8 Å². The highest BCUT2D eigenvalue weighted by molar-refractivity contribution is 7.99. The molecule has 0 fully saturated rings. The van der Waals surface area contributed by atoms with Crippen molar-refractivity contribution >= 4 is 47.4 Å². The van der Waals surface area contributed by atoms with E-state index in [-0.39, 0.29) is 16.4 Å². The second kappa shape index (κ2) is 22.3. The smallest absolute Gasteiger partial charge is 0.299 e. The van der Waals surface area contributed by atoms with Gasteiger partial charge in [-0.05, 0) is 70.7 Å². The van der Waals surface area contributed by atoms with Crippen LogP contribution in [0.15, 0.2) is 41.8 Å². The molecule has 9 nitrogen and oxygen atoms in total. The van der Waals surface area contributed by atoms with Gasteiger partial charge in [-0.3, -0.25) is 35.1 Å². The fourth-order valence-electron chi connectivity index (χ4n) is 2.67. The maximum Gasteiger partial charge on any atom is 0.305 e. The molecule has 0 aliphatic heterocycles. The highest BCUT2D eigenvalue weighted by atomic mass is 35.5. The van der Waals surface area contributed by atoms with E-state index in [1.54, 1.807) is 12.3 Å². The Morgan fingerprint density at radius 3 is 1.72 bits per heavy atom. The minimum Gasteiger partial charge on any atom is -0.299 e. The van der Waals surface area contributed by atoms with Crippen LogP contribution in [0.4, 0.5) is 11.4 Å². The topological polar surface area (TPSA) is 115 Å². The molecule has 0 unspecified atom stereocenters. The van der Waals surface area contributed by atoms with Gasteiger partial charge in [0.05, 0.1) is 14.7 Å². The molecular formula is C24H40ClN5O4S2. The molecule has 0 aliphatic rings. The van der Waals surface area contributed by atoms with Crippen molar-refractivity contribution in [1.82, 2.24) is 14.9 Å². The van der Waals surface area contributed by atoms with Crippen LogP contribution in [0, 0.1) is 20.2 Å². The Labute approximate surface area is 230 Å². The Balaban J connectivity index is 0. The van der Waals surface area contributed by atoms with Gasteiger partial charge in [0.25, 0.3) is 0 Å². The molecule has 2 rings (SSSR count). The van der Waals surface area contributed by atoms with Crippen molar-refractivity contribution in [3.05, 3.63) is 62.2 Å². The summed E-state index contributed by atoms with van der Waals surface area (Å²) in [5.74, 6) is 1.91. The Morgan fingerprint density at radius 2 is 1.42 bits per heavy atom. The van der Waals surface area contributed by atoms with Gasteiger partial charge in [-0.1, -0.05) is 32.4 Å². The van der Waals surface area contributed by atoms with Crippen LogP contribution < -0.4 is 0 Å². The van der Waals surface area contributed by atoms with Gasteiger partial charge < -0.3 is 0 Å². The van der Waals surface area contributed by atoms with Gasteiger partial charge >= 0.3 is 11.4 Å². The zero-order valence-corrected chi connectivity index (χ0v) is 24.7. The van der Waals surface area contributed by atoms with E-state index in [4.69, 9.17) is 11.6 Å². The number of thioether (sulfide) groups is 1. The van der Waals surface area contributed by atoms with Gasteiger partial charge in [-0.25, -0.2) is 0 Å². The molecule has 0 bridgehead atoms. The lowest BCUT2D eigenvalue weighted by Gasteiger charge is -2.28. The van der Waals surface area contributed by atoms with Crippen molar-refractivity contribution in [2.24, 2.45) is 0 Å². The van der Waals surface area contributed by atoms with E-state index in [0.717, 1.165) is 30.7 Å². The number of rotatable bonds is 9. The molecule has 0 saturated heterocycles. The third-order valence-corrected chi connectivity index (χ3v) is 6.32. The van der Waals surface area contributed by atoms with Gasteiger partial charge in [0.15, 0.2) is 0 Å². The van der Waals surface area contributed by atoms with E-state index >= 15 is 0 Å². The number of thiol groups is 1. The second-order valence-electron chi connectivity index (χ2n) is 7.77. The second-order valence-corrected chi connectivity index (χ2v) is 9.77. The van der Waals surface area contributed by atoms with Crippen molar-refractivity contribution in [2.45, 2.75) is 78.3 Å². The Hall–Kier alpha value is -1.95. The molecule has 0 aromatic carbocycles. The predicted octanol–water partition coefficient (Wildman–Crippen LogP) is 7.59. The number of halogens is 1. The summed E-state index contributed by atoms with van der Waals surface area (Å²) < 4.78 is 0. The number of aromatic nitrogens is 2. The number of nitrogens with zero attached hydrogens (tertiary/aromatic N) is 5. The van der Waals surface area contributed by atoms with Crippen molar-refractivity contribution in [3.63, 3.8) is 0 Å². The number of hydrogen-bond donors (Lipinski definition) is 1. The summed E-state index contributed by atoms with van der Waals surface area (Å²) in [6, 6.07) is 4.43. The van der Waals surface area contributed by atoms with E-state index in [9.17, 15) is 20.2 Å². The average molecular weight is 562 g/mol. The van der Waals surface area contributed by atoms with Crippen LogP contribution in [0.1, 0.15) is 61.3 Å². The molecule has 2 heterocycles. The first kappa shape index (κ1) is 36.2. The first-order chi connectivity index (χ1) is 17.0. The highest BCUT2D eigenvalue weighted by Crippen LogP contribution is 2.27. The lowest BCUT2D eigenvalue weighted by Crippen LogP contribution is -2.36. The number of nitro groups is 2. The summed E-state index contributed by atoms with van der Waals surface area (Å²) in [6.07, 6.45) is 7.56. The molecule has 204 valence electrons. The molecule has 0 radical (unpaired) electrons. The van der Waals surface area contributed by atoms with Crippen LogP contribution in [-0.4, -0.2) is 54.8 Å². The molecule has 12 heteroatoms. The molecular weight excluding hydrogens is 522 g/mol. The van der Waals surface area contributed by atoms with E-state index in [1.807, 2.05) is 6.92 Å². The van der Waals surface area contributed by atoms with E-state index in [2.05, 4.69) is 69.0 Å². The normalized spacial score (nSPS) is 10.0. The van der Waals surface area contributed by atoms with Crippen LogP contribution in [0.3, 0.4) is 0 Å². The third kappa shape index (κ3) is 16.7. The van der Waals surface area contributed by atoms with Crippen LogP contribution in [-0.2, 0) is 0 Å².